The van der Waals surface area contributed by atoms with E-state index in [-0.39, 0.29) is 11.9 Å². The highest BCUT2D eigenvalue weighted by molar-refractivity contribution is 6.30. The normalized spacial score (nSPS) is 19.6. The number of amides is 1. The Kier molecular flexibility index (Phi) is 5.61. The molecule has 1 N–H and O–H groups in total. The van der Waals surface area contributed by atoms with Crippen LogP contribution in [-0.4, -0.2) is 26.2 Å². The van der Waals surface area contributed by atoms with Crippen LogP contribution < -0.4 is 10.1 Å². The van der Waals surface area contributed by atoms with Gasteiger partial charge in [0.1, 0.15) is 5.75 Å². The van der Waals surface area contributed by atoms with E-state index in [1.54, 1.807) is 7.11 Å². The number of rotatable bonds is 6. The molecule has 4 nitrogen and oxygen atoms in total. The van der Waals surface area contributed by atoms with Gasteiger partial charge in [0.05, 0.1) is 18.6 Å². The molecule has 1 saturated heterocycles. The maximum Gasteiger partial charge on any atom is 0.231 e. The lowest BCUT2D eigenvalue weighted by atomic mass is 9.73. The van der Waals surface area contributed by atoms with E-state index < -0.39 is 5.41 Å². The summed E-state index contributed by atoms with van der Waals surface area (Å²) in [5.74, 6) is 1.41. The fraction of sp³-hybridized carbons (Fsp3) is 0.435. The zero-order valence-corrected chi connectivity index (χ0v) is 16.9. The standard InChI is InChI=1S/C23H26ClNO3/c1-27-20-10-4-17(5-11-20)21(16-2-3-16)25-22(26)23(12-14-28-15-13-23)18-6-8-19(24)9-7-18/h4-11,16,21H,2-3,12-15H2,1H3,(H,25,26)/t21-/m1/s1. The van der Waals surface area contributed by atoms with E-state index in [1.807, 2.05) is 36.4 Å². The zero-order valence-electron chi connectivity index (χ0n) is 16.1. The van der Waals surface area contributed by atoms with Gasteiger partial charge in [0.25, 0.3) is 0 Å². The van der Waals surface area contributed by atoms with Crippen LogP contribution in [0.1, 0.15) is 42.9 Å². The molecule has 0 bridgehead atoms. The first-order valence-corrected chi connectivity index (χ1v) is 10.3. The van der Waals surface area contributed by atoms with Gasteiger partial charge in [-0.05, 0) is 67.0 Å². The second-order valence-electron chi connectivity index (χ2n) is 7.76. The molecule has 1 atom stereocenters. The van der Waals surface area contributed by atoms with Crippen LogP contribution >= 0.6 is 11.6 Å². The minimum Gasteiger partial charge on any atom is -0.497 e. The number of ether oxygens (including phenoxy) is 2. The van der Waals surface area contributed by atoms with Gasteiger partial charge in [-0.15, -0.1) is 0 Å². The minimum atomic E-state index is -0.567. The molecule has 2 fully saturated rings. The maximum atomic E-state index is 13.6. The Bertz CT molecular complexity index is 809. The topological polar surface area (TPSA) is 47.6 Å². The summed E-state index contributed by atoms with van der Waals surface area (Å²) in [6.07, 6.45) is 3.66. The smallest absolute Gasteiger partial charge is 0.231 e. The third-order valence-corrected chi connectivity index (χ3v) is 6.28. The van der Waals surface area contributed by atoms with Crippen LogP contribution in [0.5, 0.6) is 5.75 Å². The number of benzene rings is 2. The molecule has 148 valence electrons. The van der Waals surface area contributed by atoms with Crippen LogP contribution in [0.2, 0.25) is 5.02 Å². The fourth-order valence-corrected chi connectivity index (χ4v) is 4.26. The highest BCUT2D eigenvalue weighted by atomic mass is 35.5. The van der Waals surface area contributed by atoms with E-state index in [0.717, 1.165) is 29.7 Å². The maximum absolute atomic E-state index is 13.6. The zero-order chi connectivity index (χ0) is 19.6. The van der Waals surface area contributed by atoms with Crippen LogP contribution in [0, 0.1) is 5.92 Å². The molecule has 2 aromatic carbocycles. The van der Waals surface area contributed by atoms with Crippen molar-refractivity contribution >= 4 is 17.5 Å². The first-order chi connectivity index (χ1) is 13.6. The summed E-state index contributed by atoms with van der Waals surface area (Å²) in [7, 11) is 1.66. The molecular formula is C23H26ClNO3. The Hall–Kier alpha value is -2.04. The van der Waals surface area contributed by atoms with E-state index in [1.165, 1.54) is 0 Å². The number of carbonyl (C=O) groups is 1. The SMILES string of the molecule is COc1ccc([C@H](NC(=O)C2(c3ccc(Cl)cc3)CCOCC2)C2CC2)cc1. The molecule has 2 aliphatic rings. The molecule has 1 saturated carbocycles. The van der Waals surface area contributed by atoms with Crippen molar-refractivity contribution < 1.29 is 14.3 Å². The molecular weight excluding hydrogens is 374 g/mol. The van der Waals surface area contributed by atoms with Crippen LogP contribution in [0.4, 0.5) is 0 Å². The summed E-state index contributed by atoms with van der Waals surface area (Å²) in [5.41, 5.74) is 1.58. The van der Waals surface area contributed by atoms with Crippen LogP contribution in [0.3, 0.4) is 0 Å². The second kappa shape index (κ2) is 8.14. The Labute approximate surface area is 171 Å². The summed E-state index contributed by atoms with van der Waals surface area (Å²) in [5, 5.41) is 4.07. The first kappa shape index (κ1) is 19.3. The second-order valence-corrected chi connectivity index (χ2v) is 8.20. The van der Waals surface area contributed by atoms with Gasteiger partial charge >= 0.3 is 0 Å². The summed E-state index contributed by atoms with van der Waals surface area (Å²) in [4.78, 5) is 13.6. The quantitative estimate of drug-likeness (QED) is 0.768. The van der Waals surface area contributed by atoms with Crippen molar-refractivity contribution in [2.45, 2.75) is 37.1 Å². The number of hydrogen-bond acceptors (Lipinski definition) is 3. The van der Waals surface area contributed by atoms with Gasteiger partial charge in [-0.3, -0.25) is 4.79 Å². The van der Waals surface area contributed by atoms with Crippen molar-refractivity contribution in [2.24, 2.45) is 5.92 Å². The van der Waals surface area contributed by atoms with Gasteiger partial charge < -0.3 is 14.8 Å². The summed E-state index contributed by atoms with van der Waals surface area (Å²) >= 11 is 6.08. The van der Waals surface area contributed by atoms with Crippen molar-refractivity contribution in [1.82, 2.24) is 5.32 Å². The van der Waals surface area contributed by atoms with Crippen molar-refractivity contribution in [3.05, 3.63) is 64.7 Å². The number of methoxy groups -OCH3 is 1. The van der Waals surface area contributed by atoms with Crippen molar-refractivity contribution in [3.8, 4) is 5.75 Å². The van der Waals surface area contributed by atoms with Crippen LogP contribution in [-0.2, 0) is 14.9 Å². The number of carbonyl (C=O) groups excluding carboxylic acids is 1. The number of halogens is 1. The molecule has 0 unspecified atom stereocenters. The van der Waals surface area contributed by atoms with E-state index in [0.29, 0.717) is 37.0 Å². The van der Waals surface area contributed by atoms with Crippen LogP contribution in [0.25, 0.3) is 0 Å². The van der Waals surface area contributed by atoms with E-state index in [2.05, 4.69) is 17.4 Å². The molecule has 1 heterocycles. The molecule has 0 aromatic heterocycles. The van der Waals surface area contributed by atoms with Gasteiger partial charge in [-0.25, -0.2) is 0 Å². The van der Waals surface area contributed by atoms with Gasteiger partial charge in [0.2, 0.25) is 5.91 Å². The first-order valence-electron chi connectivity index (χ1n) is 9.91. The molecule has 28 heavy (non-hydrogen) atoms. The van der Waals surface area contributed by atoms with E-state index >= 15 is 0 Å². The number of hydrogen-bond donors (Lipinski definition) is 1. The van der Waals surface area contributed by atoms with Gasteiger partial charge in [-0.1, -0.05) is 35.9 Å². The predicted octanol–water partition coefficient (Wildman–Crippen LogP) is 4.66. The predicted molar refractivity (Wildman–Crippen MR) is 110 cm³/mol. The van der Waals surface area contributed by atoms with E-state index in [4.69, 9.17) is 21.1 Å². The van der Waals surface area contributed by atoms with Crippen molar-refractivity contribution in [3.63, 3.8) is 0 Å². The Morgan fingerprint density at radius 3 is 2.32 bits per heavy atom. The average molecular weight is 400 g/mol. The van der Waals surface area contributed by atoms with Crippen molar-refractivity contribution in [2.75, 3.05) is 20.3 Å². The van der Waals surface area contributed by atoms with Gasteiger partial charge in [-0.2, -0.15) is 0 Å². The molecule has 0 radical (unpaired) electrons. The largest absolute Gasteiger partial charge is 0.497 e. The molecule has 5 heteroatoms. The van der Waals surface area contributed by atoms with E-state index in [9.17, 15) is 4.79 Å². The highest BCUT2D eigenvalue weighted by Crippen LogP contribution is 2.43. The monoisotopic (exact) mass is 399 g/mol. The Balaban J connectivity index is 1.61. The molecule has 0 spiro atoms. The third kappa shape index (κ3) is 3.89. The third-order valence-electron chi connectivity index (χ3n) is 6.03. The summed E-state index contributed by atoms with van der Waals surface area (Å²) < 4.78 is 10.8. The number of nitrogens with one attached hydrogen (secondary N) is 1. The van der Waals surface area contributed by atoms with Gasteiger partial charge in [0, 0.05) is 18.2 Å². The minimum absolute atomic E-state index is 0.0328. The Morgan fingerprint density at radius 1 is 1.11 bits per heavy atom. The lowest BCUT2D eigenvalue weighted by molar-refractivity contribution is -0.131. The van der Waals surface area contributed by atoms with Gasteiger partial charge in [0.15, 0.2) is 0 Å². The lowest BCUT2D eigenvalue weighted by Crippen LogP contribution is -2.49. The summed E-state index contributed by atoms with van der Waals surface area (Å²) in [6, 6.07) is 15.7. The van der Waals surface area contributed by atoms with Crippen molar-refractivity contribution in [1.29, 1.82) is 0 Å². The molecule has 1 aliphatic heterocycles. The molecule has 1 amide bonds. The highest BCUT2D eigenvalue weighted by Gasteiger charge is 2.44. The van der Waals surface area contributed by atoms with Crippen LogP contribution in [0.15, 0.2) is 48.5 Å². The Morgan fingerprint density at radius 2 is 1.75 bits per heavy atom. The summed E-state index contributed by atoms with van der Waals surface area (Å²) in [6.45, 7) is 1.18. The molecule has 2 aromatic rings. The fourth-order valence-electron chi connectivity index (χ4n) is 4.13. The average Bonchev–Trinajstić information content (AvgIpc) is 3.58. The molecule has 1 aliphatic carbocycles. The lowest BCUT2D eigenvalue weighted by Gasteiger charge is -2.37. The molecule has 4 rings (SSSR count).